The third kappa shape index (κ3) is 2.27. The van der Waals surface area contributed by atoms with Crippen LogP contribution in [0.2, 0.25) is 0 Å². The molecule has 0 aliphatic heterocycles. The largest absolute Gasteiger partial charge is 0.433 e. The van der Waals surface area contributed by atoms with Gasteiger partial charge in [0.15, 0.2) is 5.76 Å². The summed E-state index contributed by atoms with van der Waals surface area (Å²) in [6, 6.07) is 2.49. The van der Waals surface area contributed by atoms with Gasteiger partial charge in [0.05, 0.1) is 6.07 Å². The van der Waals surface area contributed by atoms with Crippen LogP contribution in [0.4, 0.5) is 11.8 Å². The van der Waals surface area contributed by atoms with Crippen LogP contribution in [0.1, 0.15) is 6.92 Å². The molecule has 1 N–H and O–H groups in total. The van der Waals surface area contributed by atoms with Crippen molar-refractivity contribution in [2.24, 2.45) is 0 Å². The van der Waals surface area contributed by atoms with Crippen LogP contribution in [-0.2, 0) is 4.79 Å². The van der Waals surface area contributed by atoms with Gasteiger partial charge in [-0.25, -0.2) is 0 Å². The van der Waals surface area contributed by atoms with Gasteiger partial charge < -0.3 is 8.94 Å². The van der Waals surface area contributed by atoms with E-state index >= 15 is 0 Å². The minimum Gasteiger partial charge on any atom is -0.395 e. The molecule has 0 saturated carbocycles. The van der Waals surface area contributed by atoms with Crippen LogP contribution < -0.4 is 5.32 Å². The maximum absolute atomic E-state index is 10.7. The fourth-order valence-electron chi connectivity index (χ4n) is 1.07. The predicted molar refractivity (Wildman–Crippen MR) is 53.0 cm³/mol. The van der Waals surface area contributed by atoms with E-state index in [4.69, 9.17) is 8.94 Å². The van der Waals surface area contributed by atoms with E-state index in [0.29, 0.717) is 0 Å². The van der Waals surface area contributed by atoms with Crippen LogP contribution in [0, 0.1) is 10.1 Å². The van der Waals surface area contributed by atoms with E-state index < -0.39 is 10.8 Å². The Hall–Kier alpha value is -2.71. The van der Waals surface area contributed by atoms with Gasteiger partial charge in [0, 0.05) is 6.92 Å². The van der Waals surface area contributed by atoms with Crippen molar-refractivity contribution >= 4 is 17.7 Å². The Morgan fingerprint density at radius 1 is 1.53 bits per heavy atom. The second-order valence-electron chi connectivity index (χ2n) is 3.00. The Labute approximate surface area is 93.6 Å². The lowest BCUT2D eigenvalue weighted by atomic mass is 10.4. The predicted octanol–water partition coefficient (Wildman–Crippen LogP) is 1.20. The van der Waals surface area contributed by atoms with Crippen LogP contribution in [-0.4, -0.2) is 21.0 Å². The maximum Gasteiger partial charge on any atom is 0.433 e. The lowest BCUT2D eigenvalue weighted by Crippen LogP contribution is -2.06. The molecule has 9 heteroatoms. The molecule has 0 unspecified atom stereocenters. The van der Waals surface area contributed by atoms with Crippen molar-refractivity contribution in [2.75, 3.05) is 5.32 Å². The van der Waals surface area contributed by atoms with Gasteiger partial charge in [-0.2, -0.15) is 4.98 Å². The average Bonchev–Trinajstić information content (AvgIpc) is 2.83. The number of amides is 1. The van der Waals surface area contributed by atoms with E-state index in [0.717, 1.165) is 6.07 Å². The molecular formula is C8H6N4O5. The molecule has 2 aromatic rings. The molecule has 2 rings (SSSR count). The zero-order chi connectivity index (χ0) is 12.4. The van der Waals surface area contributed by atoms with Gasteiger partial charge in [-0.15, -0.1) is 0 Å². The summed E-state index contributed by atoms with van der Waals surface area (Å²) >= 11 is 0. The summed E-state index contributed by atoms with van der Waals surface area (Å²) in [5.41, 5.74) is 0. The number of rotatable bonds is 3. The molecule has 0 aliphatic rings. The molecule has 0 aliphatic carbocycles. The highest BCUT2D eigenvalue weighted by Crippen LogP contribution is 2.25. The standard InChI is InChI=1S/C8H6N4O5/c1-4(13)9-8-10-7(17-11-8)5-2-3-6(16-5)12(14)15/h2-3H,1H3,(H,9,11,13). The number of furan rings is 1. The third-order valence-electron chi connectivity index (χ3n) is 1.70. The molecule has 0 bridgehead atoms. The van der Waals surface area contributed by atoms with E-state index in [1.165, 1.54) is 13.0 Å². The first-order chi connectivity index (χ1) is 8.06. The molecule has 17 heavy (non-hydrogen) atoms. The van der Waals surface area contributed by atoms with Crippen LogP contribution in [0.25, 0.3) is 11.7 Å². The highest BCUT2D eigenvalue weighted by molar-refractivity contribution is 5.86. The zero-order valence-electron chi connectivity index (χ0n) is 8.54. The Bertz CT molecular complexity index is 572. The van der Waals surface area contributed by atoms with Crippen LogP contribution in [0.5, 0.6) is 0 Å². The number of hydrogen-bond donors (Lipinski definition) is 1. The minimum atomic E-state index is -0.686. The highest BCUT2D eigenvalue weighted by Gasteiger charge is 2.18. The Kier molecular flexibility index (Phi) is 2.57. The Balaban J connectivity index is 2.24. The van der Waals surface area contributed by atoms with Crippen LogP contribution in [0.15, 0.2) is 21.1 Å². The van der Waals surface area contributed by atoms with E-state index in [2.05, 4.69) is 15.5 Å². The topological polar surface area (TPSA) is 124 Å². The SMILES string of the molecule is CC(=O)Nc1noc(-c2ccc([N+](=O)[O-])o2)n1. The quantitative estimate of drug-likeness (QED) is 0.628. The molecule has 88 valence electrons. The van der Waals surface area contributed by atoms with Gasteiger partial charge in [0.25, 0.3) is 11.8 Å². The number of anilines is 1. The molecular weight excluding hydrogens is 232 g/mol. The van der Waals surface area contributed by atoms with Crippen molar-refractivity contribution < 1.29 is 18.7 Å². The summed E-state index contributed by atoms with van der Waals surface area (Å²) in [4.78, 5) is 24.2. The van der Waals surface area contributed by atoms with Gasteiger partial charge in [0.1, 0.15) is 4.92 Å². The number of hydrogen-bond acceptors (Lipinski definition) is 7. The smallest absolute Gasteiger partial charge is 0.395 e. The fourth-order valence-corrected chi connectivity index (χ4v) is 1.07. The second-order valence-corrected chi connectivity index (χ2v) is 3.00. The molecule has 9 nitrogen and oxygen atoms in total. The van der Waals surface area contributed by atoms with E-state index in [1.54, 1.807) is 0 Å². The van der Waals surface area contributed by atoms with Crippen molar-refractivity contribution in [1.82, 2.24) is 10.1 Å². The van der Waals surface area contributed by atoms with Crippen molar-refractivity contribution in [3.8, 4) is 11.7 Å². The van der Waals surface area contributed by atoms with E-state index in [1.807, 2.05) is 0 Å². The number of nitrogens with zero attached hydrogens (tertiary/aromatic N) is 3. The summed E-state index contributed by atoms with van der Waals surface area (Å²) in [6.45, 7) is 1.29. The monoisotopic (exact) mass is 238 g/mol. The first kappa shape index (κ1) is 10.8. The lowest BCUT2D eigenvalue weighted by molar-refractivity contribution is -0.401. The minimum absolute atomic E-state index is 0.0356. The van der Waals surface area contributed by atoms with Crippen molar-refractivity contribution in [1.29, 1.82) is 0 Å². The summed E-state index contributed by atoms with van der Waals surface area (Å²) in [7, 11) is 0. The maximum atomic E-state index is 10.7. The first-order valence-electron chi connectivity index (χ1n) is 4.42. The molecule has 2 aromatic heterocycles. The first-order valence-corrected chi connectivity index (χ1v) is 4.42. The highest BCUT2D eigenvalue weighted by atomic mass is 16.6. The lowest BCUT2D eigenvalue weighted by Gasteiger charge is -1.89. The van der Waals surface area contributed by atoms with E-state index in [9.17, 15) is 14.9 Å². The molecule has 0 aromatic carbocycles. The third-order valence-corrected chi connectivity index (χ3v) is 1.70. The van der Waals surface area contributed by atoms with Crippen LogP contribution >= 0.6 is 0 Å². The normalized spacial score (nSPS) is 10.2. The molecule has 0 spiro atoms. The van der Waals surface area contributed by atoms with Crippen molar-refractivity contribution in [2.45, 2.75) is 6.92 Å². The zero-order valence-corrected chi connectivity index (χ0v) is 8.54. The molecule has 0 atom stereocenters. The number of nitro groups is 1. The fraction of sp³-hybridized carbons (Fsp3) is 0.125. The summed E-state index contributed by atoms with van der Waals surface area (Å²) in [6.07, 6.45) is 0. The molecule has 0 fully saturated rings. The molecule has 1 amide bonds. The Morgan fingerprint density at radius 3 is 2.88 bits per heavy atom. The molecule has 2 heterocycles. The number of nitrogens with one attached hydrogen (secondary N) is 1. The van der Waals surface area contributed by atoms with Gasteiger partial charge in [-0.3, -0.25) is 20.2 Å². The van der Waals surface area contributed by atoms with E-state index in [-0.39, 0.29) is 23.5 Å². The number of aromatic nitrogens is 2. The average molecular weight is 238 g/mol. The van der Waals surface area contributed by atoms with Gasteiger partial charge in [0.2, 0.25) is 5.91 Å². The number of carbonyl (C=O) groups is 1. The van der Waals surface area contributed by atoms with Gasteiger partial charge >= 0.3 is 5.88 Å². The number of carbonyl (C=O) groups excluding carboxylic acids is 1. The van der Waals surface area contributed by atoms with Gasteiger partial charge in [-0.05, 0) is 11.2 Å². The van der Waals surface area contributed by atoms with Crippen molar-refractivity contribution in [3.63, 3.8) is 0 Å². The summed E-state index contributed by atoms with van der Waals surface area (Å²) < 4.78 is 9.59. The van der Waals surface area contributed by atoms with Crippen molar-refractivity contribution in [3.05, 3.63) is 22.2 Å². The Morgan fingerprint density at radius 2 is 2.29 bits per heavy atom. The molecule has 0 radical (unpaired) electrons. The van der Waals surface area contributed by atoms with Crippen LogP contribution in [0.3, 0.4) is 0 Å². The summed E-state index contributed by atoms with van der Waals surface area (Å²) in [5, 5.41) is 16.1. The summed E-state index contributed by atoms with van der Waals surface area (Å²) in [5.74, 6) is -0.823. The second kappa shape index (κ2) is 4.04. The van der Waals surface area contributed by atoms with Gasteiger partial charge in [-0.1, -0.05) is 0 Å². The molecule has 0 saturated heterocycles.